The van der Waals surface area contributed by atoms with Crippen molar-refractivity contribution < 1.29 is 14.7 Å². The highest BCUT2D eigenvalue weighted by Gasteiger charge is 2.25. The molecule has 0 radical (unpaired) electrons. The van der Waals surface area contributed by atoms with Gasteiger partial charge < -0.3 is 15.3 Å². The Labute approximate surface area is 83.1 Å². The van der Waals surface area contributed by atoms with Crippen LogP contribution in [0, 0.1) is 5.21 Å². The molecule has 14 heavy (non-hydrogen) atoms. The lowest BCUT2D eigenvalue weighted by molar-refractivity contribution is -0.881. The largest absolute Gasteiger partial charge is 0.613 e. The molecule has 1 rings (SSSR count). The molecule has 1 aliphatic heterocycles. The Morgan fingerprint density at radius 2 is 2.29 bits per heavy atom. The average Bonchev–Trinajstić information content (AvgIpc) is 2.30. The van der Waals surface area contributed by atoms with Crippen LogP contribution in [-0.4, -0.2) is 30.8 Å². The molecule has 3 N–H and O–H groups in total. The third kappa shape index (κ3) is 3.91. The second kappa shape index (κ2) is 4.12. The molecule has 6 heteroatoms. The summed E-state index contributed by atoms with van der Waals surface area (Å²) in [4.78, 5) is 11.2. The molecule has 0 aromatic carbocycles. The van der Waals surface area contributed by atoms with Crippen LogP contribution in [0.4, 0.5) is 4.79 Å². The van der Waals surface area contributed by atoms with Gasteiger partial charge in [0, 0.05) is 0 Å². The molecule has 0 aromatic heterocycles. The van der Waals surface area contributed by atoms with Gasteiger partial charge in [-0.3, -0.25) is 5.17 Å². The number of carbonyl (C=O) groups excluding carboxylic acids is 1. The van der Waals surface area contributed by atoms with Crippen LogP contribution in [-0.2, 0) is 4.74 Å². The summed E-state index contributed by atoms with van der Waals surface area (Å²) in [5, 5.41) is 13.4. The zero-order valence-electron chi connectivity index (χ0n) is 8.72. The SMILES string of the molecule is CC(C)(C)OC(=O)NC1CN[NH+]([O-])C1. The van der Waals surface area contributed by atoms with Crippen LogP contribution in [0.3, 0.4) is 0 Å². The summed E-state index contributed by atoms with van der Waals surface area (Å²) in [5.41, 5.74) is 2.13. The molecule has 1 fully saturated rings. The first kappa shape index (κ1) is 11.2. The Morgan fingerprint density at radius 3 is 2.71 bits per heavy atom. The molecule has 0 aliphatic carbocycles. The van der Waals surface area contributed by atoms with Crippen molar-refractivity contribution in [1.29, 1.82) is 0 Å². The highest BCUT2D eigenvalue weighted by Crippen LogP contribution is 2.06. The molecule has 1 aliphatic rings. The number of nitrogens with one attached hydrogen (secondary N) is 3. The molecular weight excluding hydrogens is 186 g/mol. The topological polar surface area (TPSA) is 77.9 Å². The van der Waals surface area contributed by atoms with Crippen LogP contribution in [0.1, 0.15) is 20.8 Å². The number of carbonyl (C=O) groups is 1. The first-order valence-corrected chi connectivity index (χ1v) is 4.63. The minimum absolute atomic E-state index is 0.0361. The van der Waals surface area contributed by atoms with Gasteiger partial charge in [-0.25, -0.2) is 4.79 Å². The van der Waals surface area contributed by atoms with Crippen molar-refractivity contribution in [2.24, 2.45) is 0 Å². The van der Waals surface area contributed by atoms with Gasteiger partial charge in [-0.2, -0.15) is 5.43 Å². The monoisotopic (exact) mass is 203 g/mol. The van der Waals surface area contributed by atoms with Crippen LogP contribution in [0.2, 0.25) is 0 Å². The number of hydrogen-bond donors (Lipinski definition) is 3. The van der Waals surface area contributed by atoms with Gasteiger partial charge in [-0.15, -0.1) is 0 Å². The molecule has 6 nitrogen and oxygen atoms in total. The van der Waals surface area contributed by atoms with Crippen molar-refractivity contribution in [2.75, 3.05) is 13.1 Å². The van der Waals surface area contributed by atoms with Crippen molar-refractivity contribution in [3.8, 4) is 0 Å². The molecule has 1 saturated heterocycles. The first-order chi connectivity index (χ1) is 6.37. The molecule has 1 heterocycles. The Bertz CT molecular complexity index is 214. The van der Waals surface area contributed by atoms with Gasteiger partial charge in [0.2, 0.25) is 0 Å². The van der Waals surface area contributed by atoms with E-state index in [1.807, 2.05) is 0 Å². The van der Waals surface area contributed by atoms with E-state index in [-0.39, 0.29) is 11.2 Å². The quantitative estimate of drug-likeness (QED) is 0.467. The van der Waals surface area contributed by atoms with Gasteiger partial charge in [0.15, 0.2) is 0 Å². The number of hydroxylamine groups is 1. The maximum absolute atomic E-state index is 11.2. The van der Waals surface area contributed by atoms with E-state index in [2.05, 4.69) is 10.7 Å². The maximum Gasteiger partial charge on any atom is 0.408 e. The predicted octanol–water partition coefficient (Wildman–Crippen LogP) is -1.22. The Balaban J connectivity index is 2.27. The lowest BCUT2D eigenvalue weighted by atomic mass is 10.2. The summed E-state index contributed by atoms with van der Waals surface area (Å²) in [6.07, 6.45) is -0.473. The Kier molecular flexibility index (Phi) is 3.30. The van der Waals surface area contributed by atoms with E-state index >= 15 is 0 Å². The minimum atomic E-state index is -0.500. The van der Waals surface area contributed by atoms with Crippen LogP contribution in [0.15, 0.2) is 0 Å². The fraction of sp³-hybridized carbons (Fsp3) is 0.875. The maximum atomic E-state index is 11.2. The summed E-state index contributed by atoms with van der Waals surface area (Å²) < 4.78 is 5.05. The van der Waals surface area contributed by atoms with E-state index in [9.17, 15) is 10.0 Å². The second-order valence-corrected chi connectivity index (χ2v) is 4.35. The van der Waals surface area contributed by atoms with E-state index in [0.29, 0.717) is 13.1 Å². The van der Waals surface area contributed by atoms with Gasteiger partial charge >= 0.3 is 6.09 Å². The molecule has 0 aromatic rings. The number of alkyl carbamates (subject to hydrolysis) is 1. The lowest BCUT2D eigenvalue weighted by Crippen LogP contribution is -3.11. The van der Waals surface area contributed by atoms with Gasteiger partial charge in [0.05, 0.1) is 6.54 Å². The Morgan fingerprint density at radius 1 is 1.64 bits per heavy atom. The summed E-state index contributed by atoms with van der Waals surface area (Å²) in [7, 11) is 0. The van der Waals surface area contributed by atoms with Crippen molar-refractivity contribution in [1.82, 2.24) is 10.7 Å². The third-order valence-corrected chi connectivity index (χ3v) is 1.70. The number of rotatable bonds is 1. The van der Waals surface area contributed by atoms with Crippen LogP contribution >= 0.6 is 0 Å². The van der Waals surface area contributed by atoms with Gasteiger partial charge in [-0.1, -0.05) is 0 Å². The van der Waals surface area contributed by atoms with E-state index in [1.54, 1.807) is 20.8 Å². The van der Waals surface area contributed by atoms with Crippen LogP contribution in [0.5, 0.6) is 0 Å². The minimum Gasteiger partial charge on any atom is -0.613 e. The van der Waals surface area contributed by atoms with Crippen LogP contribution in [0.25, 0.3) is 0 Å². The summed E-state index contributed by atoms with van der Waals surface area (Å²) in [6.45, 7) is 6.21. The lowest BCUT2D eigenvalue weighted by Gasteiger charge is -2.21. The molecule has 0 spiro atoms. The van der Waals surface area contributed by atoms with Gasteiger partial charge in [0.25, 0.3) is 0 Å². The third-order valence-electron chi connectivity index (χ3n) is 1.70. The molecule has 0 saturated carbocycles. The smallest absolute Gasteiger partial charge is 0.408 e. The summed E-state index contributed by atoms with van der Waals surface area (Å²) >= 11 is 0. The van der Waals surface area contributed by atoms with E-state index in [4.69, 9.17) is 4.74 Å². The van der Waals surface area contributed by atoms with E-state index in [0.717, 1.165) is 0 Å². The number of hydrogen-bond acceptors (Lipinski definition) is 4. The second-order valence-electron chi connectivity index (χ2n) is 4.35. The fourth-order valence-electron chi connectivity index (χ4n) is 1.18. The molecule has 0 bridgehead atoms. The Hall–Kier alpha value is -0.850. The molecule has 1 amide bonds. The number of ether oxygens (including phenoxy) is 1. The zero-order chi connectivity index (χ0) is 10.8. The predicted molar refractivity (Wildman–Crippen MR) is 50.4 cm³/mol. The fourth-order valence-corrected chi connectivity index (χ4v) is 1.18. The molecular formula is C8H17N3O3. The van der Waals surface area contributed by atoms with Gasteiger partial charge in [0.1, 0.15) is 18.2 Å². The zero-order valence-corrected chi connectivity index (χ0v) is 8.72. The molecule has 2 unspecified atom stereocenters. The summed E-state index contributed by atoms with van der Waals surface area (Å²) in [5.74, 6) is 0. The standard InChI is InChI=1S/C8H17N3O3/c1-8(2,3)14-7(12)10-6-4-9-11(13)5-6/h6,9,11H,4-5H2,1-3H3,(H,10,12). The van der Waals surface area contributed by atoms with Crippen molar-refractivity contribution >= 4 is 6.09 Å². The van der Waals surface area contributed by atoms with E-state index < -0.39 is 11.7 Å². The van der Waals surface area contributed by atoms with E-state index in [1.165, 1.54) is 0 Å². The highest BCUT2D eigenvalue weighted by molar-refractivity contribution is 5.68. The van der Waals surface area contributed by atoms with Crippen LogP contribution < -0.4 is 15.9 Å². The van der Waals surface area contributed by atoms with Gasteiger partial charge in [-0.05, 0) is 20.8 Å². The number of amides is 1. The van der Waals surface area contributed by atoms with Crippen molar-refractivity contribution in [3.63, 3.8) is 0 Å². The highest BCUT2D eigenvalue weighted by atomic mass is 16.6. The van der Waals surface area contributed by atoms with Crippen molar-refractivity contribution in [3.05, 3.63) is 5.21 Å². The normalized spacial score (nSPS) is 27.4. The number of quaternary nitrogens is 1. The molecule has 2 atom stereocenters. The molecule has 82 valence electrons. The first-order valence-electron chi connectivity index (χ1n) is 4.63. The summed E-state index contributed by atoms with van der Waals surface area (Å²) in [6, 6.07) is -0.141. The van der Waals surface area contributed by atoms with Crippen molar-refractivity contribution in [2.45, 2.75) is 32.4 Å². The average molecular weight is 203 g/mol.